The van der Waals surface area contributed by atoms with E-state index in [1.165, 1.54) is 6.42 Å². The Bertz CT molecular complexity index is 358. The van der Waals surface area contributed by atoms with Crippen LogP contribution >= 0.6 is 0 Å². The standard InChI is InChI=1S/C14H24N2O2/c1-13(2)5-10(6-14(3,4)9-13)16-8-11(17)15-7-12(16)18/h10H,5-9H2,1-4H3,(H,15,17). The van der Waals surface area contributed by atoms with Gasteiger partial charge in [-0.1, -0.05) is 27.7 Å². The summed E-state index contributed by atoms with van der Waals surface area (Å²) in [7, 11) is 0. The van der Waals surface area contributed by atoms with E-state index in [2.05, 4.69) is 33.0 Å². The molecular weight excluding hydrogens is 228 g/mol. The molecule has 0 atom stereocenters. The molecule has 1 aliphatic carbocycles. The fraction of sp³-hybridized carbons (Fsp3) is 0.857. The molecule has 102 valence electrons. The molecule has 0 aromatic heterocycles. The van der Waals surface area contributed by atoms with Crippen molar-refractivity contribution in [3.8, 4) is 0 Å². The minimum atomic E-state index is -0.0317. The molecule has 2 fully saturated rings. The summed E-state index contributed by atoms with van der Waals surface area (Å²) in [5.41, 5.74) is 0.473. The van der Waals surface area contributed by atoms with E-state index < -0.39 is 0 Å². The number of carbonyl (C=O) groups excluding carboxylic acids is 2. The van der Waals surface area contributed by atoms with Crippen LogP contribution in [-0.2, 0) is 9.59 Å². The van der Waals surface area contributed by atoms with Gasteiger partial charge < -0.3 is 10.2 Å². The summed E-state index contributed by atoms with van der Waals surface area (Å²) in [6, 6.07) is 0.210. The first-order valence-electron chi connectivity index (χ1n) is 6.75. The molecule has 4 heteroatoms. The highest BCUT2D eigenvalue weighted by Crippen LogP contribution is 2.47. The van der Waals surface area contributed by atoms with Gasteiger partial charge in [-0.2, -0.15) is 0 Å². The normalized spacial score (nSPS) is 28.1. The zero-order chi connectivity index (χ0) is 13.6. The maximum absolute atomic E-state index is 12.0. The fourth-order valence-electron chi connectivity index (χ4n) is 3.92. The van der Waals surface area contributed by atoms with E-state index in [1.807, 2.05) is 0 Å². The van der Waals surface area contributed by atoms with Crippen LogP contribution in [0.5, 0.6) is 0 Å². The maximum atomic E-state index is 12.0. The Hall–Kier alpha value is -1.06. The zero-order valence-corrected chi connectivity index (χ0v) is 11.9. The number of hydrogen-bond donors (Lipinski definition) is 1. The van der Waals surface area contributed by atoms with Crippen molar-refractivity contribution in [1.29, 1.82) is 0 Å². The van der Waals surface area contributed by atoms with E-state index in [0.29, 0.717) is 0 Å². The van der Waals surface area contributed by atoms with Gasteiger partial charge in [0.2, 0.25) is 11.8 Å². The van der Waals surface area contributed by atoms with Gasteiger partial charge in [-0.25, -0.2) is 0 Å². The van der Waals surface area contributed by atoms with Crippen LogP contribution < -0.4 is 5.32 Å². The van der Waals surface area contributed by atoms with Crippen molar-refractivity contribution < 1.29 is 9.59 Å². The number of nitrogens with one attached hydrogen (secondary N) is 1. The third-order valence-electron chi connectivity index (χ3n) is 4.05. The number of amides is 2. The van der Waals surface area contributed by atoms with Gasteiger partial charge in [0.15, 0.2) is 0 Å². The lowest BCUT2D eigenvalue weighted by atomic mass is 9.63. The lowest BCUT2D eigenvalue weighted by molar-refractivity contribution is -0.145. The Balaban J connectivity index is 2.16. The van der Waals surface area contributed by atoms with Crippen molar-refractivity contribution in [2.45, 2.75) is 53.0 Å². The molecule has 2 aliphatic rings. The van der Waals surface area contributed by atoms with Crippen LogP contribution in [0.4, 0.5) is 0 Å². The van der Waals surface area contributed by atoms with Crippen molar-refractivity contribution >= 4 is 11.8 Å². The molecule has 0 unspecified atom stereocenters. The highest BCUT2D eigenvalue weighted by atomic mass is 16.2. The molecule has 1 saturated carbocycles. The van der Waals surface area contributed by atoms with Gasteiger partial charge >= 0.3 is 0 Å². The van der Waals surface area contributed by atoms with E-state index >= 15 is 0 Å². The van der Waals surface area contributed by atoms with Gasteiger partial charge in [0, 0.05) is 6.04 Å². The zero-order valence-electron chi connectivity index (χ0n) is 11.9. The van der Waals surface area contributed by atoms with Crippen molar-refractivity contribution in [3.63, 3.8) is 0 Å². The molecule has 0 spiro atoms. The van der Waals surface area contributed by atoms with Gasteiger partial charge in [-0.15, -0.1) is 0 Å². The van der Waals surface area contributed by atoms with E-state index in [4.69, 9.17) is 0 Å². The van der Waals surface area contributed by atoms with Crippen LogP contribution in [0.1, 0.15) is 47.0 Å². The van der Waals surface area contributed by atoms with Gasteiger partial charge in [0.25, 0.3) is 0 Å². The lowest BCUT2D eigenvalue weighted by Crippen LogP contribution is -2.57. The monoisotopic (exact) mass is 252 g/mol. The average molecular weight is 252 g/mol. The van der Waals surface area contributed by atoms with Crippen LogP contribution in [0.25, 0.3) is 0 Å². The number of hydrogen-bond acceptors (Lipinski definition) is 2. The van der Waals surface area contributed by atoms with Crippen molar-refractivity contribution in [2.75, 3.05) is 13.1 Å². The smallest absolute Gasteiger partial charge is 0.242 e. The summed E-state index contributed by atoms with van der Waals surface area (Å²) >= 11 is 0. The molecule has 1 saturated heterocycles. The maximum Gasteiger partial charge on any atom is 0.242 e. The van der Waals surface area contributed by atoms with Gasteiger partial charge in [-0.05, 0) is 30.1 Å². The summed E-state index contributed by atoms with van der Waals surface area (Å²) in [4.78, 5) is 25.2. The van der Waals surface area contributed by atoms with E-state index in [9.17, 15) is 9.59 Å². The minimum absolute atomic E-state index is 0.0317. The molecular formula is C14H24N2O2. The Kier molecular flexibility index (Phi) is 3.16. The van der Waals surface area contributed by atoms with Crippen molar-refractivity contribution in [1.82, 2.24) is 10.2 Å². The highest BCUT2D eigenvalue weighted by molar-refractivity contribution is 5.92. The van der Waals surface area contributed by atoms with E-state index in [1.54, 1.807) is 4.90 Å². The average Bonchev–Trinajstić information content (AvgIpc) is 2.17. The van der Waals surface area contributed by atoms with Crippen molar-refractivity contribution in [2.24, 2.45) is 10.8 Å². The first-order chi connectivity index (χ1) is 8.19. The second-order valence-corrected chi connectivity index (χ2v) is 7.37. The number of rotatable bonds is 1. The lowest BCUT2D eigenvalue weighted by Gasteiger charge is -2.49. The van der Waals surface area contributed by atoms with E-state index in [-0.39, 0.29) is 41.8 Å². The summed E-state index contributed by atoms with van der Waals surface area (Å²) in [6.07, 6.45) is 3.16. The minimum Gasteiger partial charge on any atom is -0.345 e. The summed E-state index contributed by atoms with van der Waals surface area (Å²) < 4.78 is 0. The molecule has 1 N–H and O–H groups in total. The summed E-state index contributed by atoms with van der Waals surface area (Å²) in [5.74, 6) is 0.0314. The Morgan fingerprint density at radius 1 is 1.11 bits per heavy atom. The highest BCUT2D eigenvalue weighted by Gasteiger charge is 2.42. The van der Waals surface area contributed by atoms with Crippen LogP contribution in [0.2, 0.25) is 0 Å². The first-order valence-corrected chi connectivity index (χ1v) is 6.75. The quantitative estimate of drug-likeness (QED) is 0.769. The summed E-state index contributed by atoms with van der Waals surface area (Å²) in [6.45, 7) is 9.43. The second kappa shape index (κ2) is 4.25. The number of piperazine rings is 1. The second-order valence-electron chi connectivity index (χ2n) is 7.37. The molecule has 0 radical (unpaired) electrons. The fourth-order valence-corrected chi connectivity index (χ4v) is 3.92. The predicted molar refractivity (Wildman–Crippen MR) is 69.9 cm³/mol. The molecule has 1 heterocycles. The topological polar surface area (TPSA) is 49.4 Å². The molecule has 0 aromatic carbocycles. The summed E-state index contributed by atoms with van der Waals surface area (Å²) in [5, 5.41) is 2.61. The third-order valence-corrected chi connectivity index (χ3v) is 4.05. The number of carbonyl (C=O) groups is 2. The van der Waals surface area contributed by atoms with E-state index in [0.717, 1.165) is 12.8 Å². The third kappa shape index (κ3) is 2.85. The number of nitrogens with zero attached hydrogens (tertiary/aromatic N) is 1. The first kappa shape index (κ1) is 13.4. The largest absolute Gasteiger partial charge is 0.345 e. The van der Waals surface area contributed by atoms with Crippen LogP contribution in [-0.4, -0.2) is 35.8 Å². The Labute approximate surface area is 109 Å². The molecule has 1 aliphatic heterocycles. The molecule has 0 bridgehead atoms. The molecule has 2 rings (SSSR count). The SMILES string of the molecule is CC1(C)CC(N2CC(=O)NCC2=O)CC(C)(C)C1. The molecule has 2 amide bonds. The molecule has 0 aromatic rings. The van der Waals surface area contributed by atoms with Gasteiger partial charge in [0.05, 0.1) is 13.1 Å². The molecule has 18 heavy (non-hydrogen) atoms. The predicted octanol–water partition coefficient (Wildman–Crippen LogP) is 1.55. The van der Waals surface area contributed by atoms with Crippen LogP contribution in [0.15, 0.2) is 0 Å². The molecule has 4 nitrogen and oxygen atoms in total. The van der Waals surface area contributed by atoms with Gasteiger partial charge in [0.1, 0.15) is 0 Å². The van der Waals surface area contributed by atoms with Gasteiger partial charge in [-0.3, -0.25) is 9.59 Å². The van der Waals surface area contributed by atoms with Crippen molar-refractivity contribution in [3.05, 3.63) is 0 Å². The Morgan fingerprint density at radius 2 is 1.67 bits per heavy atom. The van der Waals surface area contributed by atoms with Crippen LogP contribution in [0.3, 0.4) is 0 Å². The Morgan fingerprint density at radius 3 is 2.22 bits per heavy atom. The van der Waals surface area contributed by atoms with Crippen LogP contribution in [0, 0.1) is 10.8 Å².